The molecular formula is C10H13N5O. The standard InChI is InChI=1S/C10H13N5O/c1-2-15-10(12-7-13-15)6-14-4-3-9(16)8(11)5-14/h3-5,7H,2,6,11H2,1H3. The molecule has 0 fully saturated rings. The van der Waals surface area contributed by atoms with E-state index in [1.807, 2.05) is 11.5 Å². The van der Waals surface area contributed by atoms with Gasteiger partial charge in [-0.2, -0.15) is 5.10 Å². The van der Waals surface area contributed by atoms with Crippen molar-refractivity contribution >= 4 is 5.69 Å². The van der Waals surface area contributed by atoms with Crippen LogP contribution in [0.1, 0.15) is 12.7 Å². The molecule has 2 N–H and O–H groups in total. The summed E-state index contributed by atoms with van der Waals surface area (Å²) < 4.78 is 3.61. The third kappa shape index (κ3) is 1.95. The first-order valence-electron chi connectivity index (χ1n) is 5.03. The van der Waals surface area contributed by atoms with Crippen molar-refractivity contribution in [2.75, 3.05) is 5.73 Å². The van der Waals surface area contributed by atoms with Crippen molar-refractivity contribution in [3.05, 3.63) is 40.8 Å². The van der Waals surface area contributed by atoms with Gasteiger partial charge in [0.15, 0.2) is 0 Å². The Balaban J connectivity index is 2.27. The van der Waals surface area contributed by atoms with Crippen LogP contribution in [0.25, 0.3) is 0 Å². The van der Waals surface area contributed by atoms with E-state index in [-0.39, 0.29) is 11.1 Å². The summed E-state index contributed by atoms with van der Waals surface area (Å²) >= 11 is 0. The number of rotatable bonds is 3. The third-order valence-electron chi connectivity index (χ3n) is 2.33. The van der Waals surface area contributed by atoms with E-state index in [0.29, 0.717) is 6.54 Å². The van der Waals surface area contributed by atoms with Crippen molar-refractivity contribution in [1.82, 2.24) is 19.3 Å². The van der Waals surface area contributed by atoms with Gasteiger partial charge < -0.3 is 10.3 Å². The Morgan fingerprint density at radius 3 is 3.00 bits per heavy atom. The molecule has 6 heteroatoms. The molecule has 0 saturated carbocycles. The van der Waals surface area contributed by atoms with Gasteiger partial charge in [-0.15, -0.1) is 0 Å². The number of hydrogen-bond donors (Lipinski definition) is 1. The summed E-state index contributed by atoms with van der Waals surface area (Å²) in [7, 11) is 0. The van der Waals surface area contributed by atoms with E-state index < -0.39 is 0 Å². The molecule has 0 aromatic carbocycles. The van der Waals surface area contributed by atoms with E-state index in [2.05, 4.69) is 10.1 Å². The molecule has 0 atom stereocenters. The lowest BCUT2D eigenvalue weighted by atomic mass is 10.4. The highest BCUT2D eigenvalue weighted by Crippen LogP contribution is 2.00. The molecule has 0 aliphatic heterocycles. The van der Waals surface area contributed by atoms with Gasteiger partial charge >= 0.3 is 0 Å². The first kappa shape index (κ1) is 10.4. The predicted molar refractivity (Wildman–Crippen MR) is 59.9 cm³/mol. The molecule has 2 heterocycles. The molecule has 0 spiro atoms. The highest BCUT2D eigenvalue weighted by molar-refractivity contribution is 5.33. The van der Waals surface area contributed by atoms with E-state index in [1.165, 1.54) is 12.4 Å². The molecule has 6 nitrogen and oxygen atoms in total. The summed E-state index contributed by atoms with van der Waals surface area (Å²) in [5, 5.41) is 4.07. The molecule has 0 saturated heterocycles. The van der Waals surface area contributed by atoms with Gasteiger partial charge in [0.1, 0.15) is 12.2 Å². The van der Waals surface area contributed by atoms with E-state index in [9.17, 15) is 4.79 Å². The second-order valence-corrected chi connectivity index (χ2v) is 3.43. The van der Waals surface area contributed by atoms with E-state index in [0.717, 1.165) is 12.4 Å². The first-order valence-corrected chi connectivity index (χ1v) is 5.03. The third-order valence-corrected chi connectivity index (χ3v) is 2.33. The van der Waals surface area contributed by atoms with Crippen LogP contribution in [-0.4, -0.2) is 19.3 Å². The number of nitrogens with zero attached hydrogens (tertiary/aromatic N) is 4. The van der Waals surface area contributed by atoms with Crippen LogP contribution in [0.15, 0.2) is 29.6 Å². The number of pyridine rings is 1. The van der Waals surface area contributed by atoms with Crippen molar-refractivity contribution in [3.8, 4) is 0 Å². The average molecular weight is 219 g/mol. The van der Waals surface area contributed by atoms with Gasteiger partial charge in [0.2, 0.25) is 5.43 Å². The monoisotopic (exact) mass is 219 g/mol. The van der Waals surface area contributed by atoms with Crippen molar-refractivity contribution in [1.29, 1.82) is 0 Å². The molecule has 0 aliphatic carbocycles. The highest BCUT2D eigenvalue weighted by atomic mass is 16.1. The quantitative estimate of drug-likeness (QED) is 0.793. The number of nitrogen functional groups attached to an aromatic ring is 1. The van der Waals surface area contributed by atoms with Crippen LogP contribution in [0, 0.1) is 0 Å². The van der Waals surface area contributed by atoms with Gasteiger partial charge in [0.05, 0.1) is 12.2 Å². The summed E-state index contributed by atoms with van der Waals surface area (Å²) in [5.41, 5.74) is 5.63. The van der Waals surface area contributed by atoms with Crippen LogP contribution in [0.4, 0.5) is 5.69 Å². The molecule has 0 amide bonds. The Morgan fingerprint density at radius 1 is 1.50 bits per heavy atom. The Morgan fingerprint density at radius 2 is 2.31 bits per heavy atom. The van der Waals surface area contributed by atoms with Gasteiger partial charge in [-0.25, -0.2) is 9.67 Å². The zero-order chi connectivity index (χ0) is 11.5. The first-order chi connectivity index (χ1) is 7.70. The normalized spacial score (nSPS) is 10.6. The van der Waals surface area contributed by atoms with Crippen LogP contribution in [0.5, 0.6) is 0 Å². The summed E-state index contributed by atoms with van der Waals surface area (Å²) in [4.78, 5) is 15.3. The molecule has 0 aliphatic rings. The maximum absolute atomic E-state index is 11.1. The van der Waals surface area contributed by atoms with Crippen LogP contribution in [-0.2, 0) is 13.1 Å². The average Bonchev–Trinajstić information content (AvgIpc) is 2.71. The van der Waals surface area contributed by atoms with Crippen molar-refractivity contribution < 1.29 is 0 Å². The molecule has 2 rings (SSSR count). The molecule has 2 aromatic heterocycles. The molecule has 16 heavy (non-hydrogen) atoms. The van der Waals surface area contributed by atoms with Crippen LogP contribution in [0.2, 0.25) is 0 Å². The second-order valence-electron chi connectivity index (χ2n) is 3.43. The van der Waals surface area contributed by atoms with E-state index >= 15 is 0 Å². The second kappa shape index (κ2) is 4.18. The summed E-state index contributed by atoms with van der Waals surface area (Å²) in [6.45, 7) is 3.32. The van der Waals surface area contributed by atoms with Crippen molar-refractivity contribution in [2.45, 2.75) is 20.0 Å². The highest BCUT2D eigenvalue weighted by Gasteiger charge is 2.03. The molecule has 2 aromatic rings. The van der Waals surface area contributed by atoms with Gasteiger partial charge in [-0.05, 0) is 6.92 Å². The molecule has 0 unspecified atom stereocenters. The summed E-state index contributed by atoms with van der Waals surface area (Å²) in [5.74, 6) is 0.838. The van der Waals surface area contributed by atoms with Gasteiger partial charge in [0, 0.05) is 25.0 Å². The molecule has 0 radical (unpaired) electrons. The fourth-order valence-corrected chi connectivity index (χ4v) is 1.48. The minimum absolute atomic E-state index is 0.159. The van der Waals surface area contributed by atoms with Gasteiger partial charge in [-0.1, -0.05) is 0 Å². The Bertz CT molecular complexity index is 542. The maximum atomic E-state index is 11.1. The minimum atomic E-state index is -0.159. The largest absolute Gasteiger partial charge is 0.394 e. The molecule has 0 bridgehead atoms. The van der Waals surface area contributed by atoms with Crippen molar-refractivity contribution in [2.24, 2.45) is 0 Å². The number of anilines is 1. The van der Waals surface area contributed by atoms with Crippen LogP contribution >= 0.6 is 0 Å². The predicted octanol–water partition coefficient (Wildman–Crippen LogP) is 0.0902. The van der Waals surface area contributed by atoms with Crippen LogP contribution < -0.4 is 11.2 Å². The molecular weight excluding hydrogens is 206 g/mol. The lowest BCUT2D eigenvalue weighted by Crippen LogP contribution is -2.13. The zero-order valence-electron chi connectivity index (χ0n) is 9.00. The number of aryl methyl sites for hydroxylation is 1. The van der Waals surface area contributed by atoms with E-state index in [1.54, 1.807) is 17.1 Å². The number of aromatic nitrogens is 4. The minimum Gasteiger partial charge on any atom is -0.394 e. The number of nitrogens with two attached hydrogens (primary N) is 1. The fraction of sp³-hybridized carbons (Fsp3) is 0.300. The topological polar surface area (TPSA) is 78.7 Å². The lowest BCUT2D eigenvalue weighted by molar-refractivity contribution is 0.591. The van der Waals surface area contributed by atoms with Gasteiger partial charge in [-0.3, -0.25) is 4.79 Å². The lowest BCUT2D eigenvalue weighted by Gasteiger charge is -2.07. The Labute approximate surface area is 92.3 Å². The zero-order valence-corrected chi connectivity index (χ0v) is 9.00. The van der Waals surface area contributed by atoms with Crippen molar-refractivity contribution in [3.63, 3.8) is 0 Å². The van der Waals surface area contributed by atoms with Crippen LogP contribution in [0.3, 0.4) is 0 Å². The van der Waals surface area contributed by atoms with E-state index in [4.69, 9.17) is 5.73 Å². The summed E-state index contributed by atoms with van der Waals surface area (Å²) in [6, 6.07) is 1.45. The number of hydrogen-bond acceptors (Lipinski definition) is 4. The Kier molecular flexibility index (Phi) is 2.72. The Hall–Kier alpha value is -2.11. The SMILES string of the molecule is CCn1ncnc1Cn1ccc(=O)c(N)c1. The fourth-order valence-electron chi connectivity index (χ4n) is 1.48. The summed E-state index contributed by atoms with van der Waals surface area (Å²) in [6.07, 6.45) is 4.81. The van der Waals surface area contributed by atoms with Gasteiger partial charge in [0.25, 0.3) is 0 Å². The maximum Gasteiger partial charge on any atom is 0.204 e. The molecule has 84 valence electrons. The smallest absolute Gasteiger partial charge is 0.204 e.